The summed E-state index contributed by atoms with van der Waals surface area (Å²) in [5.41, 5.74) is -0.212. The van der Waals surface area contributed by atoms with E-state index in [4.69, 9.17) is 5.14 Å². The number of anilines is 1. The molecule has 3 N–H and O–H groups in total. The van der Waals surface area contributed by atoms with Crippen molar-refractivity contribution in [3.05, 3.63) is 36.7 Å². The highest BCUT2D eigenvalue weighted by Gasteiger charge is 2.13. The first kappa shape index (κ1) is 14.3. The molecule has 0 atom stereocenters. The van der Waals surface area contributed by atoms with E-state index in [9.17, 15) is 17.6 Å². The highest BCUT2D eigenvalue weighted by atomic mass is 32.2. The lowest BCUT2D eigenvalue weighted by molar-refractivity contribution is -0.116. The molecule has 0 aliphatic rings. The topological polar surface area (TPSA) is 89.3 Å². The molecule has 1 aromatic rings. The van der Waals surface area contributed by atoms with Gasteiger partial charge in [-0.25, -0.2) is 17.9 Å². The number of hydrogen-bond acceptors (Lipinski definition) is 3. The standard InChI is InChI=1S/C11H13FN2O3S/c1-2-3-4-11(15)14-10-7-8(18(13,16)17)5-6-9(10)12/h2,5-7H,1,3-4H2,(H,14,15)(H2,13,16,17). The fourth-order valence-corrected chi connectivity index (χ4v) is 1.76. The Kier molecular flexibility index (Phi) is 4.57. The van der Waals surface area contributed by atoms with Gasteiger partial charge in [0.05, 0.1) is 10.6 Å². The van der Waals surface area contributed by atoms with Gasteiger partial charge in [-0.1, -0.05) is 6.08 Å². The Labute approximate surface area is 105 Å². The minimum absolute atomic E-state index is 0.141. The summed E-state index contributed by atoms with van der Waals surface area (Å²) in [5, 5.41) is 7.19. The predicted molar refractivity (Wildman–Crippen MR) is 65.8 cm³/mol. The van der Waals surface area contributed by atoms with Gasteiger partial charge in [-0.2, -0.15) is 0 Å². The van der Waals surface area contributed by atoms with Crippen LogP contribution in [0, 0.1) is 5.82 Å². The second-order valence-electron chi connectivity index (χ2n) is 3.56. The van der Waals surface area contributed by atoms with Crippen LogP contribution in [0.5, 0.6) is 0 Å². The zero-order chi connectivity index (χ0) is 13.8. The number of sulfonamides is 1. The van der Waals surface area contributed by atoms with Crippen molar-refractivity contribution < 1.29 is 17.6 Å². The van der Waals surface area contributed by atoms with Gasteiger partial charge >= 0.3 is 0 Å². The van der Waals surface area contributed by atoms with Crippen LogP contribution in [0.1, 0.15) is 12.8 Å². The fourth-order valence-electron chi connectivity index (χ4n) is 1.22. The number of allylic oxidation sites excluding steroid dienone is 1. The first-order valence-electron chi connectivity index (χ1n) is 5.07. The van der Waals surface area contributed by atoms with E-state index < -0.39 is 21.7 Å². The van der Waals surface area contributed by atoms with Crippen LogP contribution >= 0.6 is 0 Å². The molecular formula is C11H13FN2O3S. The summed E-state index contributed by atoms with van der Waals surface area (Å²) in [6.45, 7) is 3.45. The third-order valence-electron chi connectivity index (χ3n) is 2.12. The van der Waals surface area contributed by atoms with Crippen molar-refractivity contribution in [2.24, 2.45) is 5.14 Å². The molecule has 98 valence electrons. The third-order valence-corrected chi connectivity index (χ3v) is 3.03. The van der Waals surface area contributed by atoms with Crippen LogP contribution in [0.25, 0.3) is 0 Å². The maximum absolute atomic E-state index is 13.4. The molecule has 0 aliphatic heterocycles. The average Bonchev–Trinajstić information content (AvgIpc) is 2.28. The van der Waals surface area contributed by atoms with Crippen molar-refractivity contribution in [2.75, 3.05) is 5.32 Å². The van der Waals surface area contributed by atoms with Crippen LogP contribution in [0.3, 0.4) is 0 Å². The van der Waals surface area contributed by atoms with Gasteiger partial charge in [-0.15, -0.1) is 6.58 Å². The third kappa shape index (κ3) is 3.94. The number of amides is 1. The summed E-state index contributed by atoms with van der Waals surface area (Å²) < 4.78 is 35.5. The van der Waals surface area contributed by atoms with Gasteiger partial charge < -0.3 is 5.32 Å². The summed E-state index contributed by atoms with van der Waals surface area (Å²) >= 11 is 0. The zero-order valence-electron chi connectivity index (χ0n) is 9.52. The molecule has 1 amide bonds. The van der Waals surface area contributed by atoms with Crippen molar-refractivity contribution in [3.8, 4) is 0 Å². The molecule has 0 saturated carbocycles. The smallest absolute Gasteiger partial charge is 0.238 e. The lowest BCUT2D eigenvalue weighted by atomic mass is 10.2. The van der Waals surface area contributed by atoms with Crippen LogP contribution in [-0.4, -0.2) is 14.3 Å². The largest absolute Gasteiger partial charge is 0.324 e. The van der Waals surface area contributed by atoms with E-state index in [0.717, 1.165) is 18.2 Å². The molecule has 1 aromatic carbocycles. The molecule has 0 fully saturated rings. The second-order valence-corrected chi connectivity index (χ2v) is 5.12. The zero-order valence-corrected chi connectivity index (χ0v) is 10.3. The van der Waals surface area contributed by atoms with Gasteiger partial charge in [0.2, 0.25) is 15.9 Å². The lowest BCUT2D eigenvalue weighted by Gasteiger charge is -2.07. The number of hydrogen-bond donors (Lipinski definition) is 2. The number of carbonyl (C=O) groups is 1. The molecule has 0 radical (unpaired) electrons. The summed E-state index contributed by atoms with van der Waals surface area (Å²) in [6, 6.07) is 2.95. The molecule has 0 unspecified atom stereocenters. The lowest BCUT2D eigenvalue weighted by Crippen LogP contribution is -2.15. The molecular weight excluding hydrogens is 259 g/mol. The maximum atomic E-state index is 13.4. The summed E-state index contributed by atoms with van der Waals surface area (Å²) in [6.07, 6.45) is 2.14. The Morgan fingerprint density at radius 2 is 2.17 bits per heavy atom. The molecule has 0 aromatic heterocycles. The quantitative estimate of drug-likeness (QED) is 0.793. The van der Waals surface area contributed by atoms with E-state index in [2.05, 4.69) is 11.9 Å². The van der Waals surface area contributed by atoms with Crippen LogP contribution in [0.15, 0.2) is 35.7 Å². The van der Waals surface area contributed by atoms with Crippen molar-refractivity contribution in [1.82, 2.24) is 0 Å². The Hall–Kier alpha value is -1.73. The first-order chi connectivity index (χ1) is 8.34. The predicted octanol–water partition coefficient (Wildman–Crippen LogP) is 1.38. The molecule has 5 nitrogen and oxygen atoms in total. The molecule has 0 heterocycles. The molecule has 0 spiro atoms. The molecule has 0 saturated heterocycles. The van der Waals surface area contributed by atoms with E-state index in [0.29, 0.717) is 6.42 Å². The van der Waals surface area contributed by atoms with Gasteiger partial charge in [0, 0.05) is 6.42 Å². The van der Waals surface area contributed by atoms with Gasteiger partial charge in [-0.05, 0) is 24.6 Å². The van der Waals surface area contributed by atoms with Gasteiger partial charge in [0.1, 0.15) is 5.82 Å². The summed E-state index contributed by atoms with van der Waals surface area (Å²) in [5.74, 6) is -1.16. The Balaban J connectivity index is 2.95. The van der Waals surface area contributed by atoms with Crippen LogP contribution < -0.4 is 10.5 Å². The number of nitrogens with one attached hydrogen (secondary N) is 1. The van der Waals surface area contributed by atoms with Crippen molar-refractivity contribution >= 4 is 21.6 Å². The highest BCUT2D eigenvalue weighted by Crippen LogP contribution is 2.19. The molecule has 7 heteroatoms. The number of rotatable bonds is 5. The minimum atomic E-state index is -3.93. The van der Waals surface area contributed by atoms with Crippen LogP contribution in [0.2, 0.25) is 0 Å². The van der Waals surface area contributed by atoms with E-state index in [1.54, 1.807) is 6.08 Å². The van der Waals surface area contributed by atoms with Crippen LogP contribution in [0.4, 0.5) is 10.1 Å². The van der Waals surface area contributed by atoms with Crippen molar-refractivity contribution in [1.29, 1.82) is 0 Å². The molecule has 0 bridgehead atoms. The minimum Gasteiger partial charge on any atom is -0.324 e. The number of nitrogens with two attached hydrogens (primary N) is 1. The van der Waals surface area contributed by atoms with Crippen molar-refractivity contribution in [2.45, 2.75) is 17.7 Å². The van der Waals surface area contributed by atoms with E-state index in [-0.39, 0.29) is 17.0 Å². The average molecular weight is 272 g/mol. The van der Waals surface area contributed by atoms with E-state index in [1.165, 1.54) is 0 Å². The SMILES string of the molecule is C=CCCC(=O)Nc1cc(S(N)(=O)=O)ccc1F. The summed E-state index contributed by atoms with van der Waals surface area (Å²) in [4.78, 5) is 11.1. The second kappa shape index (κ2) is 5.74. The van der Waals surface area contributed by atoms with E-state index >= 15 is 0 Å². The van der Waals surface area contributed by atoms with Gasteiger partial charge in [0.15, 0.2) is 0 Å². The number of halogens is 1. The van der Waals surface area contributed by atoms with Crippen LogP contribution in [-0.2, 0) is 14.8 Å². The Bertz CT molecular complexity index is 570. The fraction of sp³-hybridized carbons (Fsp3) is 0.182. The number of benzene rings is 1. The first-order valence-corrected chi connectivity index (χ1v) is 6.62. The molecule has 1 rings (SSSR count). The number of carbonyl (C=O) groups excluding carboxylic acids is 1. The van der Waals surface area contributed by atoms with Gasteiger partial charge in [-0.3, -0.25) is 4.79 Å². The Morgan fingerprint density at radius 1 is 1.50 bits per heavy atom. The molecule has 0 aliphatic carbocycles. The Morgan fingerprint density at radius 3 is 2.72 bits per heavy atom. The number of primary sulfonamides is 1. The highest BCUT2D eigenvalue weighted by molar-refractivity contribution is 7.89. The maximum Gasteiger partial charge on any atom is 0.238 e. The van der Waals surface area contributed by atoms with Gasteiger partial charge in [0.25, 0.3) is 0 Å². The summed E-state index contributed by atoms with van der Waals surface area (Å²) in [7, 11) is -3.93. The monoisotopic (exact) mass is 272 g/mol. The van der Waals surface area contributed by atoms with E-state index in [1.807, 2.05) is 0 Å². The molecule has 18 heavy (non-hydrogen) atoms. The van der Waals surface area contributed by atoms with Crippen molar-refractivity contribution in [3.63, 3.8) is 0 Å². The normalized spacial score (nSPS) is 11.0.